The Morgan fingerprint density at radius 1 is 0.810 bits per heavy atom. The molecule has 0 aliphatic carbocycles. The van der Waals surface area contributed by atoms with E-state index in [-0.39, 0.29) is 0 Å². The van der Waals surface area contributed by atoms with Crippen molar-refractivity contribution in [2.24, 2.45) is 0 Å². The van der Waals surface area contributed by atoms with Gasteiger partial charge in [-0.05, 0) is 49.2 Å². The molecule has 0 heterocycles. The molecule has 2 radical (unpaired) electrons. The van der Waals surface area contributed by atoms with E-state index in [4.69, 9.17) is 23.2 Å². The summed E-state index contributed by atoms with van der Waals surface area (Å²) in [6, 6.07) is 11.9. The molecule has 106 valence electrons. The molecule has 3 heteroatoms. The van der Waals surface area contributed by atoms with Crippen LogP contribution in [0.3, 0.4) is 0 Å². The highest BCUT2D eigenvalue weighted by Gasteiger charge is 2.11. The standard InChI is InChI=1S/C18H16Cl2Si/c1-11(2)15-9-13(19)5-7-17(15)21-18-8-6-14(20)10-16(18)12(3)4/h5-10H,1,3H2,2,4H3. The highest BCUT2D eigenvalue weighted by Crippen LogP contribution is 2.17. The number of hydrogen-bond acceptors (Lipinski definition) is 0. The minimum absolute atomic E-state index is 0.514. The van der Waals surface area contributed by atoms with Crippen molar-refractivity contribution in [3.8, 4) is 0 Å². The van der Waals surface area contributed by atoms with E-state index in [0.717, 1.165) is 32.3 Å². The first kappa shape index (κ1) is 16.1. The number of halogens is 2. The van der Waals surface area contributed by atoms with Gasteiger partial charge in [0.2, 0.25) is 0 Å². The molecule has 2 aromatic rings. The van der Waals surface area contributed by atoms with Crippen LogP contribution in [0.4, 0.5) is 0 Å². The highest BCUT2D eigenvalue weighted by molar-refractivity contribution is 6.69. The Morgan fingerprint density at radius 3 is 1.52 bits per heavy atom. The van der Waals surface area contributed by atoms with E-state index in [9.17, 15) is 0 Å². The largest absolute Gasteiger partial charge is 0.123 e. The van der Waals surface area contributed by atoms with Crippen LogP contribution in [0.5, 0.6) is 0 Å². The van der Waals surface area contributed by atoms with Gasteiger partial charge in [0.25, 0.3) is 0 Å². The Labute approximate surface area is 138 Å². The van der Waals surface area contributed by atoms with E-state index in [2.05, 4.69) is 25.3 Å². The van der Waals surface area contributed by atoms with Crippen molar-refractivity contribution < 1.29 is 0 Å². The molecular formula is C18H16Cl2Si. The quantitative estimate of drug-likeness (QED) is 0.712. The number of hydrogen-bond donors (Lipinski definition) is 0. The third kappa shape index (κ3) is 3.88. The molecule has 0 nitrogen and oxygen atoms in total. The van der Waals surface area contributed by atoms with Crippen LogP contribution in [0.2, 0.25) is 10.0 Å². The lowest BCUT2D eigenvalue weighted by Crippen LogP contribution is -2.31. The summed E-state index contributed by atoms with van der Waals surface area (Å²) in [7, 11) is 0.514. The van der Waals surface area contributed by atoms with Crippen molar-refractivity contribution in [1.82, 2.24) is 0 Å². The summed E-state index contributed by atoms with van der Waals surface area (Å²) in [6.07, 6.45) is 0. The predicted octanol–water partition coefficient (Wildman–Crippen LogP) is 4.71. The van der Waals surface area contributed by atoms with Gasteiger partial charge in [0, 0.05) is 10.0 Å². The van der Waals surface area contributed by atoms with E-state index in [1.807, 2.05) is 38.1 Å². The monoisotopic (exact) mass is 330 g/mol. The van der Waals surface area contributed by atoms with Crippen molar-refractivity contribution >= 4 is 54.2 Å². The zero-order chi connectivity index (χ0) is 15.6. The van der Waals surface area contributed by atoms with Crippen molar-refractivity contribution in [2.75, 3.05) is 0 Å². The van der Waals surface area contributed by atoms with Gasteiger partial charge in [-0.25, -0.2) is 0 Å². The SMILES string of the molecule is C=C(C)c1cc(Cl)ccc1[Si]c1ccc(Cl)cc1C(=C)C. The second-order valence-corrected chi connectivity index (χ2v) is 7.27. The average molecular weight is 331 g/mol. The molecule has 2 rings (SSSR count). The normalized spacial score (nSPS) is 10.5. The second-order valence-electron chi connectivity index (χ2n) is 5.07. The summed E-state index contributed by atoms with van der Waals surface area (Å²) in [6.45, 7) is 12.1. The first-order valence-corrected chi connectivity index (χ1v) is 8.32. The highest BCUT2D eigenvalue weighted by atomic mass is 35.5. The van der Waals surface area contributed by atoms with Gasteiger partial charge < -0.3 is 0 Å². The minimum atomic E-state index is 0.514. The molecule has 0 unspecified atom stereocenters. The predicted molar refractivity (Wildman–Crippen MR) is 97.3 cm³/mol. The molecule has 0 fully saturated rings. The third-order valence-corrected chi connectivity index (χ3v) is 5.03. The van der Waals surface area contributed by atoms with Crippen LogP contribution in [0.15, 0.2) is 49.6 Å². The zero-order valence-corrected chi connectivity index (χ0v) is 14.6. The smallest absolute Gasteiger partial charge is 0.0955 e. The Bertz CT molecular complexity index is 656. The maximum atomic E-state index is 6.10. The Kier molecular flexibility index (Phi) is 5.10. The van der Waals surface area contributed by atoms with Crippen molar-refractivity contribution in [1.29, 1.82) is 0 Å². The Morgan fingerprint density at radius 2 is 1.19 bits per heavy atom. The molecule has 0 N–H and O–H groups in total. The van der Waals surface area contributed by atoms with Gasteiger partial charge in [-0.3, -0.25) is 0 Å². The summed E-state index contributed by atoms with van der Waals surface area (Å²) >= 11 is 12.2. The van der Waals surface area contributed by atoms with Crippen LogP contribution in [0.25, 0.3) is 11.1 Å². The molecule has 0 saturated carbocycles. The van der Waals surface area contributed by atoms with Crippen molar-refractivity contribution in [3.63, 3.8) is 0 Å². The second kappa shape index (κ2) is 6.65. The van der Waals surface area contributed by atoms with E-state index in [0.29, 0.717) is 9.52 Å². The topological polar surface area (TPSA) is 0 Å². The zero-order valence-electron chi connectivity index (χ0n) is 12.1. The summed E-state index contributed by atoms with van der Waals surface area (Å²) in [5.74, 6) is 0. The van der Waals surface area contributed by atoms with Crippen LogP contribution in [0, 0.1) is 0 Å². The first-order valence-electron chi connectivity index (χ1n) is 6.56. The molecule has 0 aliphatic rings. The molecular weight excluding hydrogens is 315 g/mol. The third-order valence-electron chi connectivity index (χ3n) is 3.15. The minimum Gasteiger partial charge on any atom is -0.0955 e. The van der Waals surface area contributed by atoms with Crippen LogP contribution in [-0.4, -0.2) is 9.52 Å². The summed E-state index contributed by atoms with van der Waals surface area (Å²) in [5.41, 5.74) is 4.27. The van der Waals surface area contributed by atoms with Gasteiger partial charge in [0.15, 0.2) is 0 Å². The van der Waals surface area contributed by atoms with E-state index < -0.39 is 0 Å². The van der Waals surface area contributed by atoms with Crippen LogP contribution < -0.4 is 10.4 Å². The van der Waals surface area contributed by atoms with Gasteiger partial charge in [0.05, 0.1) is 0 Å². The molecule has 0 atom stereocenters. The maximum absolute atomic E-state index is 6.10. The van der Waals surface area contributed by atoms with E-state index >= 15 is 0 Å². The average Bonchev–Trinajstić information content (AvgIpc) is 2.42. The number of rotatable bonds is 4. The molecule has 0 amide bonds. The summed E-state index contributed by atoms with van der Waals surface area (Å²) < 4.78 is 0. The lowest BCUT2D eigenvalue weighted by Gasteiger charge is -2.13. The molecule has 0 bridgehead atoms. The Hall–Kier alpha value is -1.28. The van der Waals surface area contributed by atoms with E-state index in [1.165, 1.54) is 10.4 Å². The van der Waals surface area contributed by atoms with Crippen LogP contribution in [-0.2, 0) is 0 Å². The van der Waals surface area contributed by atoms with E-state index in [1.54, 1.807) is 0 Å². The van der Waals surface area contributed by atoms with Crippen molar-refractivity contribution in [2.45, 2.75) is 13.8 Å². The summed E-state index contributed by atoms with van der Waals surface area (Å²) in [5, 5.41) is 3.93. The van der Waals surface area contributed by atoms with Crippen LogP contribution in [0.1, 0.15) is 25.0 Å². The molecule has 2 aromatic carbocycles. The maximum Gasteiger partial charge on any atom is 0.123 e. The number of allylic oxidation sites excluding steroid dienone is 2. The fourth-order valence-electron chi connectivity index (χ4n) is 2.10. The van der Waals surface area contributed by atoms with Crippen LogP contribution >= 0.6 is 23.2 Å². The molecule has 0 spiro atoms. The van der Waals surface area contributed by atoms with Crippen molar-refractivity contribution in [3.05, 3.63) is 70.7 Å². The lowest BCUT2D eigenvalue weighted by atomic mass is 10.1. The van der Waals surface area contributed by atoms with Gasteiger partial charge in [-0.1, -0.05) is 70.0 Å². The van der Waals surface area contributed by atoms with Gasteiger partial charge in [0.1, 0.15) is 9.52 Å². The first-order chi connectivity index (χ1) is 9.88. The van der Waals surface area contributed by atoms with Gasteiger partial charge in [-0.2, -0.15) is 0 Å². The molecule has 0 aliphatic heterocycles. The fraction of sp³-hybridized carbons (Fsp3) is 0.111. The number of benzene rings is 2. The Balaban J connectivity index is 2.48. The summed E-state index contributed by atoms with van der Waals surface area (Å²) in [4.78, 5) is 0. The fourth-order valence-corrected chi connectivity index (χ4v) is 3.91. The molecule has 0 saturated heterocycles. The van der Waals surface area contributed by atoms with Gasteiger partial charge in [-0.15, -0.1) is 0 Å². The molecule has 21 heavy (non-hydrogen) atoms. The lowest BCUT2D eigenvalue weighted by molar-refractivity contribution is 1.60. The molecule has 0 aromatic heterocycles. The van der Waals surface area contributed by atoms with Gasteiger partial charge >= 0.3 is 0 Å².